The highest BCUT2D eigenvalue weighted by atomic mass is 19.4. The first-order chi connectivity index (χ1) is 16.8. The molecule has 4 rings (SSSR count). The molecule has 0 N–H and O–H groups in total. The van der Waals surface area contributed by atoms with Crippen molar-refractivity contribution in [1.82, 2.24) is 9.97 Å². The van der Waals surface area contributed by atoms with E-state index in [1.54, 1.807) is 42.7 Å². The van der Waals surface area contributed by atoms with E-state index in [4.69, 9.17) is 9.47 Å². The van der Waals surface area contributed by atoms with Gasteiger partial charge in [-0.05, 0) is 54.0 Å². The van der Waals surface area contributed by atoms with E-state index < -0.39 is 12.8 Å². The van der Waals surface area contributed by atoms with Crippen LogP contribution in [0.4, 0.5) is 17.6 Å². The third-order valence-electron chi connectivity index (χ3n) is 5.40. The van der Waals surface area contributed by atoms with Crippen molar-refractivity contribution in [3.05, 3.63) is 83.9 Å². The van der Waals surface area contributed by atoms with Crippen LogP contribution < -0.4 is 9.47 Å². The topological polar surface area (TPSA) is 44.2 Å². The Labute approximate surface area is 200 Å². The van der Waals surface area contributed by atoms with Crippen molar-refractivity contribution in [3.8, 4) is 22.9 Å². The van der Waals surface area contributed by atoms with E-state index in [-0.39, 0.29) is 11.6 Å². The molecule has 4 nitrogen and oxygen atoms in total. The van der Waals surface area contributed by atoms with Crippen LogP contribution in [0.2, 0.25) is 0 Å². The molecule has 0 fully saturated rings. The summed E-state index contributed by atoms with van der Waals surface area (Å²) in [5, 5.41) is 1.25. The Morgan fingerprint density at radius 3 is 2.26 bits per heavy atom. The molecule has 182 valence electrons. The second-order valence-electron chi connectivity index (χ2n) is 8.11. The summed E-state index contributed by atoms with van der Waals surface area (Å²) >= 11 is 0. The van der Waals surface area contributed by atoms with Gasteiger partial charge in [-0.2, -0.15) is 13.2 Å². The summed E-state index contributed by atoms with van der Waals surface area (Å²) in [7, 11) is 0. The van der Waals surface area contributed by atoms with Gasteiger partial charge in [0.2, 0.25) is 0 Å². The van der Waals surface area contributed by atoms with Crippen LogP contribution in [-0.4, -0.2) is 29.4 Å². The zero-order valence-corrected chi connectivity index (χ0v) is 19.1. The molecule has 0 atom stereocenters. The third-order valence-corrected chi connectivity index (χ3v) is 5.40. The molecule has 0 spiro atoms. The van der Waals surface area contributed by atoms with E-state index in [1.165, 1.54) is 12.1 Å². The van der Waals surface area contributed by atoms with Crippen LogP contribution in [0.5, 0.6) is 11.5 Å². The molecule has 0 saturated heterocycles. The van der Waals surface area contributed by atoms with E-state index in [0.717, 1.165) is 22.9 Å². The first-order valence-electron chi connectivity index (χ1n) is 11.3. The number of benzene rings is 3. The van der Waals surface area contributed by atoms with Crippen LogP contribution in [0.15, 0.2) is 67.0 Å². The van der Waals surface area contributed by atoms with E-state index in [2.05, 4.69) is 9.97 Å². The monoisotopic (exact) mass is 484 g/mol. The first kappa shape index (κ1) is 24.4. The zero-order valence-electron chi connectivity index (χ0n) is 19.1. The molecular formula is C27H24F4N2O2. The van der Waals surface area contributed by atoms with Gasteiger partial charge in [-0.3, -0.25) is 0 Å². The molecule has 0 amide bonds. The number of aromatic nitrogens is 2. The summed E-state index contributed by atoms with van der Waals surface area (Å²) in [4.78, 5) is 8.69. The minimum Gasteiger partial charge on any atom is -0.490 e. The molecule has 8 heteroatoms. The van der Waals surface area contributed by atoms with Gasteiger partial charge < -0.3 is 9.47 Å². The molecule has 0 unspecified atom stereocenters. The number of alkyl halides is 3. The maximum Gasteiger partial charge on any atom is 0.422 e. The van der Waals surface area contributed by atoms with Crippen molar-refractivity contribution in [3.63, 3.8) is 0 Å². The van der Waals surface area contributed by atoms with Gasteiger partial charge in [0.15, 0.2) is 18.2 Å². The van der Waals surface area contributed by atoms with Gasteiger partial charge in [-0.15, -0.1) is 0 Å². The fourth-order valence-electron chi connectivity index (χ4n) is 3.63. The Morgan fingerprint density at radius 2 is 1.57 bits per heavy atom. The number of ether oxygens (including phenoxy) is 2. The van der Waals surface area contributed by atoms with E-state index in [0.29, 0.717) is 42.0 Å². The number of hydrogen-bond donors (Lipinski definition) is 0. The lowest BCUT2D eigenvalue weighted by molar-refractivity contribution is -0.153. The van der Waals surface area contributed by atoms with Gasteiger partial charge in [0, 0.05) is 10.9 Å². The second-order valence-corrected chi connectivity index (χ2v) is 8.11. The smallest absolute Gasteiger partial charge is 0.422 e. The van der Waals surface area contributed by atoms with Crippen LogP contribution in [-0.2, 0) is 12.8 Å². The Kier molecular flexibility index (Phi) is 7.48. The minimum absolute atomic E-state index is 0.144. The van der Waals surface area contributed by atoms with Gasteiger partial charge in [-0.1, -0.05) is 43.3 Å². The SMILES string of the molecule is CCCOc1cnc(-c2ccc3c(F)c(CCc4ccc(OCC(F)(F)F)cc4)ccc3c2)nc1. The summed E-state index contributed by atoms with van der Waals surface area (Å²) in [6.45, 7) is 1.29. The van der Waals surface area contributed by atoms with Crippen molar-refractivity contribution in [2.24, 2.45) is 0 Å². The Bertz CT molecular complexity index is 1270. The summed E-state index contributed by atoms with van der Waals surface area (Å²) < 4.78 is 62.2. The van der Waals surface area contributed by atoms with Crippen molar-refractivity contribution in [2.75, 3.05) is 13.2 Å². The summed E-state index contributed by atoms with van der Waals surface area (Å²) in [6.07, 6.45) is 0.761. The first-order valence-corrected chi connectivity index (χ1v) is 11.3. The van der Waals surface area contributed by atoms with E-state index in [9.17, 15) is 13.2 Å². The highest BCUT2D eigenvalue weighted by molar-refractivity contribution is 5.87. The molecule has 3 aromatic carbocycles. The number of nitrogens with zero attached hydrogens (tertiary/aromatic N) is 2. The number of fused-ring (bicyclic) bond motifs is 1. The van der Waals surface area contributed by atoms with Gasteiger partial charge in [0.1, 0.15) is 11.6 Å². The maximum absolute atomic E-state index is 15.2. The zero-order chi connectivity index (χ0) is 24.8. The number of aryl methyl sites for hydroxylation is 2. The van der Waals surface area contributed by atoms with Crippen LogP contribution in [0, 0.1) is 5.82 Å². The summed E-state index contributed by atoms with van der Waals surface area (Å²) in [5.41, 5.74) is 2.22. The Morgan fingerprint density at radius 1 is 0.829 bits per heavy atom. The molecular weight excluding hydrogens is 460 g/mol. The third kappa shape index (κ3) is 6.47. The average molecular weight is 484 g/mol. The second kappa shape index (κ2) is 10.7. The molecule has 0 saturated carbocycles. The largest absolute Gasteiger partial charge is 0.490 e. The number of halogens is 4. The van der Waals surface area contributed by atoms with Gasteiger partial charge >= 0.3 is 6.18 Å². The quantitative estimate of drug-likeness (QED) is 0.241. The molecule has 0 aliphatic heterocycles. The minimum atomic E-state index is -4.38. The molecule has 1 heterocycles. The Balaban J connectivity index is 1.43. The summed E-state index contributed by atoms with van der Waals surface area (Å²) in [6, 6.07) is 15.3. The number of rotatable bonds is 9. The average Bonchev–Trinajstić information content (AvgIpc) is 2.86. The van der Waals surface area contributed by atoms with Crippen LogP contribution >= 0.6 is 0 Å². The highest BCUT2D eigenvalue weighted by Gasteiger charge is 2.28. The predicted molar refractivity (Wildman–Crippen MR) is 126 cm³/mol. The maximum atomic E-state index is 15.2. The molecule has 0 aliphatic rings. The lowest BCUT2D eigenvalue weighted by Crippen LogP contribution is -2.19. The molecule has 0 aliphatic carbocycles. The van der Waals surface area contributed by atoms with E-state index in [1.807, 2.05) is 19.1 Å². The van der Waals surface area contributed by atoms with Gasteiger partial charge in [0.25, 0.3) is 0 Å². The normalized spacial score (nSPS) is 11.6. The number of hydrogen-bond acceptors (Lipinski definition) is 4. The predicted octanol–water partition coefficient (Wildman–Crippen LogP) is 6.95. The molecule has 4 aromatic rings. The lowest BCUT2D eigenvalue weighted by atomic mass is 9.99. The molecule has 0 radical (unpaired) electrons. The van der Waals surface area contributed by atoms with Crippen LogP contribution in [0.3, 0.4) is 0 Å². The van der Waals surface area contributed by atoms with Crippen molar-refractivity contribution in [2.45, 2.75) is 32.4 Å². The van der Waals surface area contributed by atoms with Crippen LogP contribution in [0.25, 0.3) is 22.2 Å². The molecule has 0 bridgehead atoms. The Hall–Kier alpha value is -3.68. The molecule has 35 heavy (non-hydrogen) atoms. The fourth-order valence-corrected chi connectivity index (χ4v) is 3.63. The van der Waals surface area contributed by atoms with Crippen molar-refractivity contribution >= 4 is 10.8 Å². The van der Waals surface area contributed by atoms with Crippen molar-refractivity contribution in [1.29, 1.82) is 0 Å². The van der Waals surface area contributed by atoms with Gasteiger partial charge in [-0.25, -0.2) is 14.4 Å². The summed E-state index contributed by atoms with van der Waals surface area (Å²) in [5.74, 6) is 0.993. The lowest BCUT2D eigenvalue weighted by Gasteiger charge is -2.10. The van der Waals surface area contributed by atoms with Crippen LogP contribution in [0.1, 0.15) is 24.5 Å². The molecule has 1 aromatic heterocycles. The van der Waals surface area contributed by atoms with E-state index >= 15 is 4.39 Å². The standard InChI is InChI=1S/C27H24F4N2O2/c1-2-13-34-23-15-32-26(33-16-23)21-9-12-24-20(14-21)8-7-19(25(24)28)6-3-18-4-10-22(11-5-18)35-17-27(29,30)31/h4-5,7-12,14-16H,2-3,6,13,17H2,1H3. The van der Waals surface area contributed by atoms with Crippen molar-refractivity contribution < 1.29 is 27.0 Å². The fraction of sp³-hybridized carbons (Fsp3) is 0.259. The highest BCUT2D eigenvalue weighted by Crippen LogP contribution is 2.27. The van der Waals surface area contributed by atoms with Gasteiger partial charge in [0.05, 0.1) is 19.0 Å².